The lowest BCUT2D eigenvalue weighted by Gasteiger charge is -2.45. The summed E-state index contributed by atoms with van der Waals surface area (Å²) >= 11 is 0. The molecule has 30 heavy (non-hydrogen) atoms. The third-order valence-electron chi connectivity index (χ3n) is 4.48. The Labute approximate surface area is 187 Å². The van der Waals surface area contributed by atoms with Crippen molar-refractivity contribution in [2.45, 2.75) is 105 Å². The molecule has 2 saturated heterocycles. The van der Waals surface area contributed by atoms with Gasteiger partial charge in [-0.25, -0.2) is 9.78 Å². The zero-order valence-electron chi connectivity index (χ0n) is 20.6. The van der Waals surface area contributed by atoms with E-state index in [9.17, 15) is 4.79 Å². The van der Waals surface area contributed by atoms with Crippen molar-refractivity contribution in [2.75, 3.05) is 13.2 Å². The molecule has 0 aromatic carbocycles. The molecule has 2 aliphatic heterocycles. The van der Waals surface area contributed by atoms with Crippen molar-refractivity contribution in [1.29, 1.82) is 0 Å². The van der Waals surface area contributed by atoms with Crippen molar-refractivity contribution in [1.82, 2.24) is 0 Å². The van der Waals surface area contributed by atoms with Crippen molar-refractivity contribution in [3.63, 3.8) is 0 Å². The van der Waals surface area contributed by atoms with Gasteiger partial charge in [0.2, 0.25) is 0 Å². The summed E-state index contributed by atoms with van der Waals surface area (Å²) in [6.45, 7) is 16.7. The first-order valence-corrected chi connectivity index (χ1v) is 12.0. The highest BCUT2D eigenvalue weighted by Crippen LogP contribution is 2.42. The van der Waals surface area contributed by atoms with Gasteiger partial charge in [-0.1, -0.05) is 79.0 Å². The van der Waals surface area contributed by atoms with Gasteiger partial charge in [-0.3, -0.25) is 0 Å². The summed E-state index contributed by atoms with van der Waals surface area (Å²) in [6, 6.07) is 0. The largest absolute Gasteiger partial charge is 0.395 e. The molecule has 3 rings (SSSR count). The number of hydrogen-bond donors (Lipinski definition) is 2. The van der Waals surface area contributed by atoms with Crippen molar-refractivity contribution >= 4 is 6.29 Å². The van der Waals surface area contributed by atoms with Gasteiger partial charge in [0.1, 0.15) is 6.29 Å². The summed E-state index contributed by atoms with van der Waals surface area (Å²) in [5.41, 5.74) is 4.78. The van der Waals surface area contributed by atoms with Crippen molar-refractivity contribution in [2.24, 2.45) is 17.6 Å². The van der Waals surface area contributed by atoms with Crippen LogP contribution < -0.4 is 5.73 Å². The molecular weight excluding hydrogens is 378 g/mol. The maximum absolute atomic E-state index is 9.17. The van der Waals surface area contributed by atoms with Gasteiger partial charge >= 0.3 is 0 Å². The molecule has 3 fully saturated rings. The fourth-order valence-corrected chi connectivity index (χ4v) is 3.05. The quantitative estimate of drug-likeness (QED) is 0.280. The Kier molecular flexibility index (Phi) is 31.4. The number of nitrogens with two attached hydrogens (primary N) is 1. The molecule has 0 amide bonds. The van der Waals surface area contributed by atoms with E-state index in [-0.39, 0.29) is 18.8 Å². The van der Waals surface area contributed by atoms with Gasteiger partial charge in [0, 0.05) is 24.8 Å². The number of unbranched alkanes of at least 4 members (excludes halogenated alkanes) is 2. The maximum Gasteiger partial charge on any atom is 0.119 e. The number of aliphatic hydroxyl groups is 1. The molecule has 1 unspecified atom stereocenters. The summed E-state index contributed by atoms with van der Waals surface area (Å²) < 4.78 is 0. The van der Waals surface area contributed by atoms with E-state index >= 15 is 0 Å². The first-order valence-electron chi connectivity index (χ1n) is 12.0. The minimum Gasteiger partial charge on any atom is -0.395 e. The van der Waals surface area contributed by atoms with Crippen LogP contribution in [-0.4, -0.2) is 36.8 Å². The normalized spacial score (nSPS) is 23.3. The summed E-state index contributed by atoms with van der Waals surface area (Å²) in [5, 5.41) is 7.75. The van der Waals surface area contributed by atoms with Crippen LogP contribution >= 0.6 is 0 Å². The van der Waals surface area contributed by atoms with Gasteiger partial charge in [0.25, 0.3) is 0 Å². The Morgan fingerprint density at radius 1 is 1.03 bits per heavy atom. The van der Waals surface area contributed by atoms with E-state index in [1.54, 1.807) is 0 Å². The Balaban J connectivity index is -0.000000403. The van der Waals surface area contributed by atoms with E-state index in [2.05, 4.69) is 39.5 Å². The van der Waals surface area contributed by atoms with E-state index in [1.165, 1.54) is 19.3 Å². The monoisotopic (exact) mass is 429 g/mol. The minimum absolute atomic E-state index is 0.0972. The lowest BCUT2D eigenvalue weighted by molar-refractivity contribution is -0.419. The summed E-state index contributed by atoms with van der Waals surface area (Å²) in [4.78, 5) is 19.9. The van der Waals surface area contributed by atoms with Crippen molar-refractivity contribution in [3.05, 3.63) is 24.8 Å². The van der Waals surface area contributed by atoms with Crippen LogP contribution in [0.1, 0.15) is 92.9 Å². The second-order valence-corrected chi connectivity index (χ2v) is 6.89. The molecule has 0 aromatic heterocycles. The standard InChI is InChI=1S/C13H20O2.C5H12.C3H6O.C2H7NO.C2H6/c1-3-5-7-11-10(6-4-2)12-8-9-13(11)15-14-12;1-3-5-4-2;1-2-3-4;3-1-2-4;1-2/h4-5,7,10-13H,2-3,6,8-9H2,1H3;3-5H2,1-2H3;3H,2H2,1H3;4H,1-3H2;1-2H3/b7-5+;;;;/t10-,11?,12+,13-;;;;/m1..../s1. The highest BCUT2D eigenvalue weighted by atomic mass is 17.2. The number of allylic oxidation sites excluding steroid dienone is 2. The zero-order valence-corrected chi connectivity index (χ0v) is 20.6. The highest BCUT2D eigenvalue weighted by Gasteiger charge is 2.44. The highest BCUT2D eigenvalue weighted by molar-refractivity contribution is 5.48. The molecular formula is C25H51NO4. The lowest BCUT2D eigenvalue weighted by Crippen LogP contribution is -2.48. The third-order valence-corrected chi connectivity index (χ3v) is 4.48. The topological polar surface area (TPSA) is 81.8 Å². The minimum atomic E-state index is 0.0972. The second kappa shape index (κ2) is 28.0. The maximum atomic E-state index is 9.17. The van der Waals surface area contributed by atoms with Gasteiger partial charge in [-0.2, -0.15) is 0 Å². The van der Waals surface area contributed by atoms with Gasteiger partial charge in [-0.05, 0) is 25.7 Å². The molecule has 0 aromatic rings. The van der Waals surface area contributed by atoms with E-state index in [4.69, 9.17) is 20.6 Å². The Morgan fingerprint density at radius 2 is 1.53 bits per heavy atom. The fourth-order valence-electron chi connectivity index (χ4n) is 3.05. The number of carbonyl (C=O) groups excluding carboxylic acids is 1. The molecule has 0 radical (unpaired) electrons. The molecule has 2 heterocycles. The number of rotatable bonds is 8. The zero-order chi connectivity index (χ0) is 23.6. The van der Waals surface area contributed by atoms with Crippen molar-refractivity contribution < 1.29 is 19.7 Å². The van der Waals surface area contributed by atoms with E-state index in [0.717, 1.165) is 32.0 Å². The first kappa shape index (κ1) is 33.6. The molecule has 5 heteroatoms. The first-order chi connectivity index (χ1) is 14.6. The third kappa shape index (κ3) is 17.8. The van der Waals surface area contributed by atoms with Gasteiger partial charge in [0.15, 0.2) is 0 Å². The average molecular weight is 430 g/mol. The molecule has 1 saturated carbocycles. The van der Waals surface area contributed by atoms with E-state index in [0.29, 0.717) is 24.8 Å². The van der Waals surface area contributed by atoms with Crippen LogP contribution in [0.2, 0.25) is 0 Å². The predicted molar refractivity (Wildman–Crippen MR) is 129 cm³/mol. The van der Waals surface area contributed by atoms with Gasteiger partial charge < -0.3 is 15.6 Å². The van der Waals surface area contributed by atoms with Gasteiger partial charge in [-0.15, -0.1) is 6.58 Å². The Bertz CT molecular complexity index is 362. The molecule has 180 valence electrons. The van der Waals surface area contributed by atoms with Crippen LogP contribution in [0.25, 0.3) is 0 Å². The molecule has 0 spiro atoms. The fraction of sp³-hybridized carbons (Fsp3) is 0.800. The molecule has 5 nitrogen and oxygen atoms in total. The van der Waals surface area contributed by atoms with Crippen molar-refractivity contribution in [3.8, 4) is 0 Å². The van der Waals surface area contributed by atoms with Gasteiger partial charge in [0.05, 0.1) is 18.8 Å². The molecule has 2 bridgehead atoms. The number of aldehydes is 1. The van der Waals surface area contributed by atoms with Crippen LogP contribution in [-0.2, 0) is 14.6 Å². The van der Waals surface area contributed by atoms with Crippen LogP contribution in [0.15, 0.2) is 24.8 Å². The molecule has 1 aliphatic carbocycles. The van der Waals surface area contributed by atoms with Crippen LogP contribution in [0, 0.1) is 11.8 Å². The van der Waals surface area contributed by atoms with E-state index in [1.807, 2.05) is 26.8 Å². The smallest absolute Gasteiger partial charge is 0.119 e. The molecule has 3 N–H and O–H groups in total. The van der Waals surface area contributed by atoms with Crippen LogP contribution in [0.4, 0.5) is 0 Å². The lowest BCUT2D eigenvalue weighted by atomic mass is 9.73. The second-order valence-electron chi connectivity index (χ2n) is 6.89. The Hall–Kier alpha value is -1.01. The van der Waals surface area contributed by atoms with Crippen LogP contribution in [0.3, 0.4) is 0 Å². The summed E-state index contributed by atoms with van der Waals surface area (Å²) in [5.74, 6) is 1.09. The average Bonchev–Trinajstić information content (AvgIpc) is 2.82. The molecule has 3 aliphatic rings. The summed E-state index contributed by atoms with van der Waals surface area (Å²) in [6.07, 6.45) is 17.1. The van der Waals surface area contributed by atoms with E-state index < -0.39 is 0 Å². The molecule has 4 atom stereocenters. The SMILES string of the molecule is C=CC[C@@H]1C(/C=C/CC)[C@H]2CC[C@@H]1OO2.CC.CCC=O.CCCCC.NCCO. The number of fused-ring (bicyclic) bond motifs is 3. The number of hydrogen-bond acceptors (Lipinski definition) is 5. The number of aliphatic hydroxyl groups excluding tert-OH is 1. The van der Waals surface area contributed by atoms with Crippen LogP contribution in [0.5, 0.6) is 0 Å². The summed E-state index contributed by atoms with van der Waals surface area (Å²) in [7, 11) is 0. The predicted octanol–water partition coefficient (Wildman–Crippen LogP) is 6.01. The Morgan fingerprint density at radius 3 is 1.83 bits per heavy atom. The number of carbonyl (C=O) groups is 1.